The van der Waals surface area contributed by atoms with Gasteiger partial charge in [0.2, 0.25) is 0 Å². The van der Waals surface area contributed by atoms with E-state index in [0.29, 0.717) is 45.5 Å². The number of carbonyl (C=O) groups excluding carboxylic acids is 2. The zero-order valence-corrected chi connectivity index (χ0v) is 25.8. The van der Waals surface area contributed by atoms with Gasteiger partial charge in [0.25, 0.3) is 0 Å². The summed E-state index contributed by atoms with van der Waals surface area (Å²) < 4.78 is 24.0. The van der Waals surface area contributed by atoms with Crippen LogP contribution in [0.15, 0.2) is 84.9 Å². The van der Waals surface area contributed by atoms with Crippen LogP contribution >= 0.6 is 0 Å². The van der Waals surface area contributed by atoms with Gasteiger partial charge in [0.15, 0.2) is 0 Å². The first-order valence-corrected chi connectivity index (χ1v) is 18.1. The zero-order valence-electron chi connectivity index (χ0n) is 22.3. The SMILES string of the molecule is COc1ccc(C(=O)Nc2ccccc2)c([Se][Se]c2c(C(=O)Nc3ccccc3)ccc(OC)c2OC)c1OC. The predicted octanol–water partition coefficient (Wildman–Crippen LogP) is 3.50. The van der Waals surface area contributed by atoms with Gasteiger partial charge in [-0.15, -0.1) is 0 Å². The summed E-state index contributed by atoms with van der Waals surface area (Å²) in [6, 6.07) is 25.4. The van der Waals surface area contributed by atoms with Gasteiger partial charge in [-0.05, 0) is 0 Å². The van der Waals surface area contributed by atoms with E-state index in [1.807, 2.05) is 60.7 Å². The summed E-state index contributed by atoms with van der Waals surface area (Å²) in [7, 11) is 6.21. The van der Waals surface area contributed by atoms with Crippen molar-refractivity contribution in [3.05, 3.63) is 96.1 Å². The Labute approximate surface area is 244 Å². The van der Waals surface area contributed by atoms with E-state index in [0.717, 1.165) is 8.92 Å². The van der Waals surface area contributed by atoms with Gasteiger partial charge in [0, 0.05) is 0 Å². The first-order chi connectivity index (χ1) is 19.5. The summed E-state index contributed by atoms with van der Waals surface area (Å²) in [6.45, 7) is 0. The molecule has 10 heteroatoms. The van der Waals surface area contributed by atoms with E-state index in [-0.39, 0.29) is 38.1 Å². The number of nitrogens with one attached hydrogen (secondary N) is 2. The summed E-state index contributed by atoms with van der Waals surface area (Å²) in [5.41, 5.74) is 2.31. The minimum atomic E-state index is -0.336. The molecular formula is C30H28N2O6Se2. The van der Waals surface area contributed by atoms with Gasteiger partial charge in [-0.3, -0.25) is 0 Å². The van der Waals surface area contributed by atoms with Crippen molar-refractivity contribution in [2.75, 3.05) is 39.1 Å². The molecule has 0 bridgehead atoms. The first kappa shape index (κ1) is 29.1. The molecule has 0 unspecified atom stereocenters. The van der Waals surface area contributed by atoms with Crippen molar-refractivity contribution in [1.29, 1.82) is 0 Å². The Hall–Kier alpha value is -3.94. The predicted molar refractivity (Wildman–Crippen MR) is 159 cm³/mol. The number of hydrogen-bond acceptors (Lipinski definition) is 6. The molecule has 0 saturated carbocycles. The van der Waals surface area contributed by atoms with E-state index in [1.165, 1.54) is 0 Å². The molecule has 0 atom stereocenters. The molecule has 0 fully saturated rings. The Morgan fingerprint density at radius 1 is 0.525 bits per heavy atom. The van der Waals surface area contributed by atoms with Gasteiger partial charge in [0.1, 0.15) is 0 Å². The second-order valence-electron chi connectivity index (χ2n) is 8.16. The van der Waals surface area contributed by atoms with Crippen LogP contribution < -0.4 is 38.5 Å². The summed E-state index contributed by atoms with van der Waals surface area (Å²) in [5.74, 6) is 1.49. The summed E-state index contributed by atoms with van der Waals surface area (Å²) >= 11 is -0.671. The second kappa shape index (κ2) is 13.9. The van der Waals surface area contributed by atoms with Gasteiger partial charge in [-0.1, -0.05) is 0 Å². The van der Waals surface area contributed by atoms with Crippen molar-refractivity contribution in [3.8, 4) is 23.0 Å². The van der Waals surface area contributed by atoms with E-state index in [2.05, 4.69) is 10.6 Å². The van der Waals surface area contributed by atoms with Crippen LogP contribution in [0.4, 0.5) is 11.4 Å². The number of benzene rings is 4. The van der Waals surface area contributed by atoms with E-state index in [9.17, 15) is 9.59 Å². The average Bonchev–Trinajstić information content (AvgIpc) is 2.99. The van der Waals surface area contributed by atoms with Crippen LogP contribution in [0.5, 0.6) is 23.0 Å². The minimum absolute atomic E-state index is 0.264. The topological polar surface area (TPSA) is 95.1 Å². The maximum atomic E-state index is 13.4. The molecule has 4 aromatic rings. The normalized spacial score (nSPS) is 10.4. The zero-order chi connectivity index (χ0) is 28.5. The molecule has 0 heterocycles. The number of rotatable bonds is 11. The Morgan fingerprint density at radius 2 is 0.900 bits per heavy atom. The fourth-order valence-corrected chi connectivity index (χ4v) is 11.8. The molecule has 2 N–H and O–H groups in total. The molecule has 2 amide bonds. The number of hydrogen-bond donors (Lipinski definition) is 2. The van der Waals surface area contributed by atoms with Crippen molar-refractivity contribution in [2.24, 2.45) is 0 Å². The third-order valence-corrected chi connectivity index (χ3v) is 12.9. The Kier molecular flexibility index (Phi) is 10.1. The van der Waals surface area contributed by atoms with Gasteiger partial charge in [-0.25, -0.2) is 0 Å². The van der Waals surface area contributed by atoms with Gasteiger partial charge >= 0.3 is 245 Å². The summed E-state index contributed by atoms with van der Waals surface area (Å²) in [6.07, 6.45) is 0. The van der Waals surface area contributed by atoms with E-state index < -0.39 is 0 Å². The van der Waals surface area contributed by atoms with Crippen LogP contribution in [0.3, 0.4) is 0 Å². The van der Waals surface area contributed by atoms with Crippen LogP contribution in [0, 0.1) is 0 Å². The Balaban J connectivity index is 1.74. The van der Waals surface area contributed by atoms with Crippen molar-refractivity contribution < 1.29 is 28.5 Å². The molecule has 0 aromatic heterocycles. The van der Waals surface area contributed by atoms with Gasteiger partial charge in [-0.2, -0.15) is 0 Å². The number of para-hydroxylation sites is 2. The standard InChI is InChI=1S/C30H28N2O6Se2/c1-35-23-17-15-21(29(33)31-19-11-7-5-8-12-19)27(25(23)37-3)39-40-28-22(16-18-24(36-2)26(28)38-4)30(34)32-20-13-9-6-10-14-20/h5-18H,1-4H3,(H,31,33)(H,32,34). The van der Waals surface area contributed by atoms with Crippen molar-refractivity contribution in [3.63, 3.8) is 0 Å². The molecule has 0 aliphatic rings. The molecule has 4 aromatic carbocycles. The third-order valence-electron chi connectivity index (χ3n) is 5.76. The molecule has 0 aliphatic carbocycles. The first-order valence-electron chi connectivity index (χ1n) is 12.1. The van der Waals surface area contributed by atoms with Crippen molar-refractivity contribution >= 4 is 58.4 Å². The number of carbonyl (C=O) groups is 2. The van der Waals surface area contributed by atoms with Crippen LogP contribution in [0.1, 0.15) is 20.7 Å². The maximum absolute atomic E-state index is 13.4. The Morgan fingerprint density at radius 3 is 1.23 bits per heavy atom. The molecular weight excluding hydrogens is 642 g/mol. The van der Waals surface area contributed by atoms with Crippen LogP contribution in [0.25, 0.3) is 0 Å². The molecule has 0 spiro atoms. The Bertz CT molecular complexity index is 1370. The number of ether oxygens (including phenoxy) is 4. The number of amides is 2. The molecule has 0 aliphatic heterocycles. The van der Waals surface area contributed by atoms with Crippen molar-refractivity contribution in [2.45, 2.75) is 0 Å². The van der Waals surface area contributed by atoms with Gasteiger partial charge in [0.05, 0.1) is 0 Å². The number of methoxy groups -OCH3 is 4. The van der Waals surface area contributed by atoms with Crippen LogP contribution in [-0.4, -0.2) is 66.5 Å². The average molecular weight is 670 g/mol. The molecule has 0 saturated heterocycles. The van der Waals surface area contributed by atoms with E-state index >= 15 is 0 Å². The van der Waals surface area contributed by atoms with E-state index in [4.69, 9.17) is 18.9 Å². The van der Waals surface area contributed by atoms with Crippen molar-refractivity contribution in [1.82, 2.24) is 0 Å². The molecule has 8 nitrogen and oxygen atoms in total. The molecule has 40 heavy (non-hydrogen) atoms. The second-order valence-corrected chi connectivity index (χ2v) is 14.2. The van der Waals surface area contributed by atoms with Crippen LogP contribution in [-0.2, 0) is 0 Å². The third kappa shape index (κ3) is 6.61. The van der Waals surface area contributed by atoms with Crippen LogP contribution in [0.2, 0.25) is 0 Å². The molecule has 4 rings (SSSR count). The summed E-state index contributed by atoms with van der Waals surface area (Å²) in [5, 5.41) is 5.91. The monoisotopic (exact) mass is 672 g/mol. The number of anilines is 2. The molecule has 0 radical (unpaired) electrons. The van der Waals surface area contributed by atoms with Gasteiger partial charge < -0.3 is 0 Å². The quantitative estimate of drug-likeness (QED) is 0.238. The van der Waals surface area contributed by atoms with E-state index in [1.54, 1.807) is 52.7 Å². The molecule has 206 valence electrons. The fourth-order valence-electron chi connectivity index (χ4n) is 3.84. The fraction of sp³-hybridized carbons (Fsp3) is 0.133. The summed E-state index contributed by atoms with van der Waals surface area (Å²) in [4.78, 5) is 26.8.